The van der Waals surface area contributed by atoms with E-state index in [1.165, 1.54) is 22.7 Å². The van der Waals surface area contributed by atoms with E-state index in [2.05, 4.69) is 10.2 Å². The van der Waals surface area contributed by atoms with Gasteiger partial charge in [-0.05, 0) is 29.8 Å². The first kappa shape index (κ1) is 25.2. The summed E-state index contributed by atoms with van der Waals surface area (Å²) in [6.45, 7) is 0. The minimum Gasteiger partial charge on any atom is -0.508 e. The number of halogens is 1. The highest BCUT2D eigenvalue weighted by Gasteiger charge is 2.47. The summed E-state index contributed by atoms with van der Waals surface area (Å²) in [5, 5.41) is 31.6. The number of ketones is 1. The number of aliphatic hydroxyl groups excluding tert-OH is 1. The molecule has 0 aliphatic carbocycles. The van der Waals surface area contributed by atoms with Gasteiger partial charge in [-0.1, -0.05) is 89.3 Å². The van der Waals surface area contributed by atoms with Crippen molar-refractivity contribution in [3.8, 4) is 5.75 Å². The maximum absolute atomic E-state index is 13.7. The topological polar surface area (TPSA) is 117 Å². The standard InChI is InChI=1S/C28H18ClN3O5S2/c29-18-10-4-1-8-16(18)14-38-28-31-30-27(39-28)32-23(17-9-3-5-11-19(17)33)22(25(35)26(32)36)24(34)21-13-15-7-2-6-12-20(15)37-21/h1-13,23,33,35H,14H2. The van der Waals surface area contributed by atoms with Gasteiger partial charge in [0, 0.05) is 21.7 Å². The number of aliphatic hydroxyl groups is 1. The third-order valence-corrected chi connectivity index (χ3v) is 8.72. The number of aromatic nitrogens is 2. The molecule has 8 nitrogen and oxygen atoms in total. The van der Waals surface area contributed by atoms with Crippen molar-refractivity contribution >= 4 is 62.5 Å². The van der Waals surface area contributed by atoms with Crippen LogP contribution in [0.4, 0.5) is 5.13 Å². The zero-order chi connectivity index (χ0) is 27.1. The third kappa shape index (κ3) is 4.56. The Labute approximate surface area is 235 Å². The number of phenolic OH excluding ortho intramolecular Hbond substituents is 1. The van der Waals surface area contributed by atoms with Crippen LogP contribution in [0.25, 0.3) is 11.0 Å². The monoisotopic (exact) mass is 575 g/mol. The quantitative estimate of drug-likeness (QED) is 0.125. The number of rotatable bonds is 7. The molecule has 0 saturated carbocycles. The number of amides is 1. The maximum atomic E-state index is 13.7. The summed E-state index contributed by atoms with van der Waals surface area (Å²) in [4.78, 5) is 28.3. The smallest absolute Gasteiger partial charge is 0.296 e. The summed E-state index contributed by atoms with van der Waals surface area (Å²) in [7, 11) is 0. The fourth-order valence-corrected chi connectivity index (χ4v) is 6.54. The summed E-state index contributed by atoms with van der Waals surface area (Å²) in [5.74, 6) is -1.91. The van der Waals surface area contributed by atoms with E-state index in [1.54, 1.807) is 48.5 Å². The number of carbonyl (C=O) groups excluding carboxylic acids is 2. The van der Waals surface area contributed by atoms with E-state index in [-0.39, 0.29) is 27.8 Å². The molecule has 6 rings (SSSR count). The van der Waals surface area contributed by atoms with E-state index in [0.29, 0.717) is 26.1 Å². The molecule has 5 aromatic rings. The first-order valence-electron chi connectivity index (χ1n) is 11.7. The molecule has 0 spiro atoms. The highest BCUT2D eigenvalue weighted by Crippen LogP contribution is 2.46. The Morgan fingerprint density at radius 2 is 1.77 bits per heavy atom. The number of aromatic hydroxyl groups is 1. The zero-order valence-corrected chi connectivity index (χ0v) is 22.3. The largest absolute Gasteiger partial charge is 0.508 e. The highest BCUT2D eigenvalue weighted by molar-refractivity contribution is 8.00. The number of thioether (sulfide) groups is 1. The van der Waals surface area contributed by atoms with Gasteiger partial charge < -0.3 is 14.6 Å². The second-order valence-corrected chi connectivity index (χ2v) is 11.2. The van der Waals surface area contributed by atoms with Gasteiger partial charge in [-0.3, -0.25) is 14.5 Å². The lowest BCUT2D eigenvalue weighted by Gasteiger charge is -2.24. The Balaban J connectivity index is 1.38. The van der Waals surface area contributed by atoms with Crippen molar-refractivity contribution in [1.82, 2.24) is 10.2 Å². The van der Waals surface area contributed by atoms with Crippen molar-refractivity contribution in [2.45, 2.75) is 16.1 Å². The van der Waals surface area contributed by atoms with E-state index in [1.807, 2.05) is 24.3 Å². The maximum Gasteiger partial charge on any atom is 0.296 e. The van der Waals surface area contributed by atoms with Crippen LogP contribution in [-0.2, 0) is 10.5 Å². The summed E-state index contributed by atoms with van der Waals surface area (Å²) in [6.07, 6.45) is 0. The van der Waals surface area contributed by atoms with Crippen molar-refractivity contribution in [3.63, 3.8) is 0 Å². The third-order valence-electron chi connectivity index (χ3n) is 6.24. The lowest BCUT2D eigenvalue weighted by Crippen LogP contribution is -2.31. The Hall–Kier alpha value is -4.12. The number of Topliss-reactive ketones (excluding diaryl/α,β-unsaturated/α-hetero) is 1. The molecule has 0 fully saturated rings. The van der Waals surface area contributed by atoms with Crippen LogP contribution in [0.15, 0.2) is 99.0 Å². The van der Waals surface area contributed by atoms with Gasteiger partial charge in [0.1, 0.15) is 17.4 Å². The van der Waals surface area contributed by atoms with Crippen molar-refractivity contribution in [3.05, 3.63) is 112 Å². The predicted molar refractivity (Wildman–Crippen MR) is 149 cm³/mol. The minimum atomic E-state index is -1.16. The number of phenols is 1. The number of anilines is 1. The number of para-hydroxylation sites is 2. The Morgan fingerprint density at radius 1 is 1.03 bits per heavy atom. The molecular weight excluding hydrogens is 558 g/mol. The molecule has 1 aliphatic rings. The van der Waals surface area contributed by atoms with E-state index >= 15 is 0 Å². The zero-order valence-electron chi connectivity index (χ0n) is 19.9. The molecule has 194 valence electrons. The van der Waals surface area contributed by atoms with Crippen molar-refractivity contribution < 1.29 is 24.2 Å². The Kier molecular flexibility index (Phi) is 6.59. The predicted octanol–water partition coefficient (Wildman–Crippen LogP) is 6.72. The lowest BCUT2D eigenvalue weighted by atomic mass is 9.94. The summed E-state index contributed by atoms with van der Waals surface area (Å²) in [5.41, 5.74) is 1.43. The number of nitrogens with zero attached hydrogens (tertiary/aromatic N) is 3. The van der Waals surface area contributed by atoms with Crippen molar-refractivity contribution in [2.75, 3.05) is 4.90 Å². The molecule has 2 N–H and O–H groups in total. The molecule has 11 heteroatoms. The average molecular weight is 576 g/mol. The van der Waals surface area contributed by atoms with E-state index in [4.69, 9.17) is 16.0 Å². The first-order valence-corrected chi connectivity index (χ1v) is 13.9. The Morgan fingerprint density at radius 3 is 2.56 bits per heavy atom. The normalized spacial score (nSPS) is 15.5. The fraction of sp³-hybridized carbons (Fsp3) is 0.0714. The second-order valence-electron chi connectivity index (χ2n) is 8.61. The van der Waals surface area contributed by atoms with Crippen LogP contribution in [0.1, 0.15) is 27.7 Å². The molecule has 0 bridgehead atoms. The van der Waals surface area contributed by atoms with Crippen LogP contribution in [-0.4, -0.2) is 32.1 Å². The number of hydrogen-bond donors (Lipinski definition) is 2. The van der Waals surface area contributed by atoms with Crippen molar-refractivity contribution in [1.29, 1.82) is 0 Å². The van der Waals surface area contributed by atoms with Crippen LogP contribution in [0.2, 0.25) is 5.02 Å². The average Bonchev–Trinajstić information content (AvgIpc) is 3.65. The Bertz CT molecular complexity index is 1750. The van der Waals surface area contributed by atoms with Gasteiger partial charge in [0.25, 0.3) is 5.91 Å². The van der Waals surface area contributed by atoms with Crippen LogP contribution in [0.3, 0.4) is 0 Å². The lowest BCUT2D eigenvalue weighted by molar-refractivity contribution is -0.117. The molecule has 1 atom stereocenters. The summed E-state index contributed by atoms with van der Waals surface area (Å²) in [6, 6.07) is 21.3. The second kappa shape index (κ2) is 10.2. The number of furan rings is 1. The van der Waals surface area contributed by atoms with E-state index in [9.17, 15) is 19.8 Å². The molecular formula is C28H18ClN3O5S2. The molecule has 39 heavy (non-hydrogen) atoms. The molecule has 1 amide bonds. The summed E-state index contributed by atoms with van der Waals surface area (Å²) >= 11 is 8.78. The van der Waals surface area contributed by atoms with Gasteiger partial charge in [-0.15, -0.1) is 10.2 Å². The molecule has 0 radical (unpaired) electrons. The highest BCUT2D eigenvalue weighted by atomic mass is 35.5. The van der Waals surface area contributed by atoms with E-state index in [0.717, 1.165) is 16.9 Å². The van der Waals surface area contributed by atoms with Crippen molar-refractivity contribution in [2.24, 2.45) is 0 Å². The fourth-order valence-electron chi connectivity index (χ4n) is 4.39. The molecule has 3 aromatic carbocycles. The minimum absolute atomic E-state index is 0.0407. The van der Waals surface area contributed by atoms with E-state index < -0.39 is 23.5 Å². The van der Waals surface area contributed by atoms with Crippen LogP contribution < -0.4 is 4.90 Å². The van der Waals surface area contributed by atoms with Crippen LogP contribution >= 0.6 is 34.7 Å². The van der Waals surface area contributed by atoms with Gasteiger partial charge >= 0.3 is 0 Å². The SMILES string of the molecule is O=C(C1=C(O)C(=O)N(c2nnc(SCc3ccccc3Cl)s2)C1c1ccccc1O)c1cc2ccccc2o1. The van der Waals surface area contributed by atoms with Gasteiger partial charge in [0.15, 0.2) is 15.9 Å². The number of benzene rings is 3. The van der Waals surface area contributed by atoms with Gasteiger partial charge in [-0.2, -0.15) is 0 Å². The number of hydrogen-bond acceptors (Lipinski definition) is 9. The molecule has 3 heterocycles. The van der Waals surface area contributed by atoms with Crippen LogP contribution in [0, 0.1) is 0 Å². The van der Waals surface area contributed by atoms with Gasteiger partial charge in [-0.25, -0.2) is 0 Å². The summed E-state index contributed by atoms with van der Waals surface area (Å²) < 4.78 is 6.30. The van der Waals surface area contributed by atoms with Gasteiger partial charge in [0.2, 0.25) is 10.9 Å². The molecule has 1 aliphatic heterocycles. The number of carbonyl (C=O) groups is 2. The first-order chi connectivity index (χ1) is 18.9. The molecule has 0 saturated heterocycles. The molecule has 2 aromatic heterocycles. The van der Waals surface area contributed by atoms with Gasteiger partial charge in [0.05, 0.1) is 5.57 Å². The number of fused-ring (bicyclic) bond motifs is 1. The molecule has 1 unspecified atom stereocenters. The van der Waals surface area contributed by atoms with Crippen LogP contribution in [0.5, 0.6) is 5.75 Å².